The third-order valence-electron chi connectivity index (χ3n) is 2.38. The lowest BCUT2D eigenvalue weighted by atomic mass is 10.2. The minimum Gasteiger partial charge on any atom is -0.465 e. The van der Waals surface area contributed by atoms with Crippen LogP contribution in [0.2, 0.25) is 0 Å². The molecule has 1 aromatic rings. The summed E-state index contributed by atoms with van der Waals surface area (Å²) in [4.78, 5) is 11.6. The van der Waals surface area contributed by atoms with Gasteiger partial charge in [-0.05, 0) is 5.92 Å². The van der Waals surface area contributed by atoms with Crippen LogP contribution < -0.4 is 11.1 Å². The Labute approximate surface area is 114 Å². The van der Waals surface area contributed by atoms with Gasteiger partial charge in [0.15, 0.2) is 5.82 Å². The molecule has 6 nitrogen and oxygen atoms in total. The minimum atomic E-state index is -4.43. The van der Waals surface area contributed by atoms with Gasteiger partial charge in [0.25, 0.3) is 0 Å². The van der Waals surface area contributed by atoms with Gasteiger partial charge in [0.05, 0.1) is 7.11 Å². The maximum absolute atomic E-state index is 12.2. The molecule has 0 bridgehead atoms. The number of anilines is 2. The van der Waals surface area contributed by atoms with Gasteiger partial charge in [-0.1, -0.05) is 13.8 Å². The van der Waals surface area contributed by atoms with Crippen LogP contribution in [0.3, 0.4) is 0 Å². The third kappa shape index (κ3) is 4.04. The van der Waals surface area contributed by atoms with Crippen LogP contribution in [0.25, 0.3) is 0 Å². The molecule has 0 saturated heterocycles. The van der Waals surface area contributed by atoms with Crippen LogP contribution in [0.15, 0.2) is 0 Å². The van der Waals surface area contributed by atoms with Gasteiger partial charge in [-0.2, -0.15) is 18.3 Å². The predicted molar refractivity (Wildman–Crippen MR) is 67.4 cm³/mol. The number of ether oxygens (including phenoxy) is 1. The van der Waals surface area contributed by atoms with E-state index in [1.54, 1.807) is 0 Å². The Morgan fingerprint density at radius 1 is 1.50 bits per heavy atom. The van der Waals surface area contributed by atoms with Crippen molar-refractivity contribution < 1.29 is 22.7 Å². The molecule has 1 rings (SSSR count). The van der Waals surface area contributed by atoms with Gasteiger partial charge in [0.1, 0.15) is 17.9 Å². The summed E-state index contributed by atoms with van der Waals surface area (Å²) in [6.45, 7) is 2.85. The highest BCUT2D eigenvalue weighted by atomic mass is 19.4. The molecular formula is C11H17F3N4O2. The number of carbonyl (C=O) groups excluding carboxylic acids is 1. The molecule has 0 aromatic carbocycles. The number of hydrogen-bond donors (Lipinski definition) is 2. The van der Waals surface area contributed by atoms with Crippen molar-refractivity contribution in [2.75, 3.05) is 24.7 Å². The maximum Gasteiger partial charge on any atom is 0.405 e. The lowest BCUT2D eigenvalue weighted by Crippen LogP contribution is -2.22. The maximum atomic E-state index is 12.2. The highest BCUT2D eigenvalue weighted by Gasteiger charge is 2.30. The molecule has 1 heterocycles. The number of nitrogen functional groups attached to an aromatic ring is 1. The van der Waals surface area contributed by atoms with Crippen LogP contribution in [0, 0.1) is 5.92 Å². The Hall–Kier alpha value is -1.93. The average molecular weight is 294 g/mol. The molecule has 0 spiro atoms. The van der Waals surface area contributed by atoms with E-state index in [0.29, 0.717) is 6.54 Å². The summed E-state index contributed by atoms with van der Waals surface area (Å²) in [6, 6.07) is 0. The first kappa shape index (κ1) is 16.1. The number of hydrogen-bond acceptors (Lipinski definition) is 5. The largest absolute Gasteiger partial charge is 0.465 e. The van der Waals surface area contributed by atoms with Crippen molar-refractivity contribution in [1.29, 1.82) is 0 Å². The molecule has 0 fully saturated rings. The van der Waals surface area contributed by atoms with Crippen LogP contribution in [0.1, 0.15) is 24.2 Å². The number of alkyl halides is 3. The molecule has 114 valence electrons. The summed E-state index contributed by atoms with van der Waals surface area (Å²) < 4.78 is 42.5. The Kier molecular flexibility index (Phi) is 4.85. The molecular weight excluding hydrogens is 277 g/mol. The van der Waals surface area contributed by atoms with Crippen molar-refractivity contribution in [3.05, 3.63) is 5.56 Å². The number of rotatable bonds is 5. The summed E-state index contributed by atoms with van der Waals surface area (Å²) in [7, 11) is 1.12. The smallest absolute Gasteiger partial charge is 0.405 e. The number of esters is 1. The molecule has 3 N–H and O–H groups in total. The topological polar surface area (TPSA) is 82.2 Å². The van der Waals surface area contributed by atoms with Gasteiger partial charge >= 0.3 is 12.1 Å². The van der Waals surface area contributed by atoms with E-state index in [-0.39, 0.29) is 23.1 Å². The fourth-order valence-corrected chi connectivity index (χ4v) is 1.57. The summed E-state index contributed by atoms with van der Waals surface area (Å²) >= 11 is 0. The van der Waals surface area contributed by atoms with Gasteiger partial charge in [-0.15, -0.1) is 0 Å². The number of methoxy groups -OCH3 is 1. The van der Waals surface area contributed by atoms with Crippen molar-refractivity contribution in [2.45, 2.75) is 26.6 Å². The van der Waals surface area contributed by atoms with Crippen molar-refractivity contribution >= 4 is 17.6 Å². The molecule has 0 aliphatic heterocycles. The molecule has 20 heavy (non-hydrogen) atoms. The Balaban J connectivity index is 3.10. The first-order valence-electron chi connectivity index (χ1n) is 5.91. The van der Waals surface area contributed by atoms with Crippen LogP contribution in [-0.2, 0) is 11.3 Å². The number of halogens is 3. The van der Waals surface area contributed by atoms with Gasteiger partial charge < -0.3 is 15.8 Å². The normalized spacial score (nSPS) is 11.8. The average Bonchev–Trinajstić information content (AvgIpc) is 2.61. The molecule has 0 radical (unpaired) electrons. The lowest BCUT2D eigenvalue weighted by Gasteiger charge is -2.08. The first-order valence-corrected chi connectivity index (χ1v) is 5.91. The van der Waals surface area contributed by atoms with Crippen LogP contribution in [0.4, 0.5) is 24.8 Å². The van der Waals surface area contributed by atoms with Crippen LogP contribution >= 0.6 is 0 Å². The molecule has 9 heteroatoms. The van der Waals surface area contributed by atoms with Crippen molar-refractivity contribution in [1.82, 2.24) is 9.78 Å². The van der Waals surface area contributed by atoms with E-state index in [0.717, 1.165) is 7.11 Å². The Morgan fingerprint density at radius 3 is 2.55 bits per heavy atom. The molecule has 1 aromatic heterocycles. The molecule has 0 saturated carbocycles. The van der Waals surface area contributed by atoms with E-state index in [9.17, 15) is 18.0 Å². The second-order valence-electron chi connectivity index (χ2n) is 4.65. The zero-order valence-corrected chi connectivity index (χ0v) is 11.4. The summed E-state index contributed by atoms with van der Waals surface area (Å²) in [5, 5.41) is 5.97. The van der Waals surface area contributed by atoms with Crippen molar-refractivity contribution in [3.63, 3.8) is 0 Å². The minimum absolute atomic E-state index is 0.0183. The molecule has 0 unspecified atom stereocenters. The third-order valence-corrected chi connectivity index (χ3v) is 2.38. The fraction of sp³-hybridized carbons (Fsp3) is 0.636. The van der Waals surface area contributed by atoms with Gasteiger partial charge in [-0.3, -0.25) is 0 Å². The fourth-order valence-electron chi connectivity index (χ4n) is 1.57. The van der Waals surface area contributed by atoms with E-state index in [2.05, 4.69) is 15.2 Å². The first-order chi connectivity index (χ1) is 9.15. The zero-order chi connectivity index (χ0) is 15.5. The number of carbonyl (C=O) groups is 1. The summed E-state index contributed by atoms with van der Waals surface area (Å²) in [5.74, 6) is -0.914. The number of nitrogens with one attached hydrogen (secondary N) is 1. The second kappa shape index (κ2) is 6.02. The molecule has 0 aliphatic carbocycles. The van der Waals surface area contributed by atoms with Gasteiger partial charge in [-0.25, -0.2) is 9.48 Å². The molecule has 0 aliphatic rings. The highest BCUT2D eigenvalue weighted by Crippen LogP contribution is 2.25. The molecule has 0 atom stereocenters. The summed E-state index contributed by atoms with van der Waals surface area (Å²) in [5.41, 5.74) is 5.56. The van der Waals surface area contributed by atoms with E-state index in [1.807, 2.05) is 13.8 Å². The second-order valence-corrected chi connectivity index (χ2v) is 4.65. The summed E-state index contributed by atoms with van der Waals surface area (Å²) in [6.07, 6.45) is -4.43. The monoisotopic (exact) mass is 294 g/mol. The van der Waals surface area contributed by atoms with Crippen LogP contribution in [-0.4, -0.2) is 35.6 Å². The van der Waals surface area contributed by atoms with Crippen molar-refractivity contribution in [3.8, 4) is 0 Å². The van der Waals surface area contributed by atoms with Gasteiger partial charge in [0.2, 0.25) is 0 Å². The van der Waals surface area contributed by atoms with Crippen LogP contribution in [0.5, 0.6) is 0 Å². The lowest BCUT2D eigenvalue weighted by molar-refractivity contribution is -0.115. The zero-order valence-electron chi connectivity index (χ0n) is 11.4. The van der Waals surface area contributed by atoms with Gasteiger partial charge in [0, 0.05) is 6.54 Å². The Bertz CT molecular complexity index is 483. The van der Waals surface area contributed by atoms with E-state index in [1.165, 1.54) is 4.68 Å². The molecule has 0 amide bonds. The number of nitrogens with two attached hydrogens (primary N) is 1. The Morgan fingerprint density at radius 2 is 2.10 bits per heavy atom. The number of aromatic nitrogens is 2. The standard InChI is InChI=1S/C11H17F3N4O2/c1-6(2)4-18-8(15)7(10(19)20-3)9(17-18)16-5-11(12,13)14/h6H,4-5,15H2,1-3H3,(H,16,17). The van der Waals surface area contributed by atoms with E-state index >= 15 is 0 Å². The highest BCUT2D eigenvalue weighted by molar-refractivity contribution is 5.99. The predicted octanol–water partition coefficient (Wildman–Crippen LogP) is 1.88. The number of nitrogens with zero attached hydrogens (tertiary/aromatic N) is 2. The van der Waals surface area contributed by atoms with Crippen molar-refractivity contribution in [2.24, 2.45) is 5.92 Å². The quantitative estimate of drug-likeness (QED) is 0.810. The van der Waals surface area contributed by atoms with E-state index in [4.69, 9.17) is 5.73 Å². The SMILES string of the molecule is COC(=O)c1c(NCC(F)(F)F)nn(CC(C)C)c1N. The van der Waals surface area contributed by atoms with E-state index < -0.39 is 18.7 Å².